The average molecular weight is 245 g/mol. The number of fused-ring (bicyclic) bond motifs is 1. The van der Waals surface area contributed by atoms with Crippen LogP contribution < -0.4 is 15.7 Å². The van der Waals surface area contributed by atoms with Gasteiger partial charge in [0.15, 0.2) is 0 Å². The van der Waals surface area contributed by atoms with E-state index in [-0.39, 0.29) is 11.7 Å². The highest BCUT2D eigenvalue weighted by Crippen LogP contribution is 2.21. The van der Waals surface area contributed by atoms with Gasteiger partial charge in [-0.15, -0.1) is 0 Å². The number of nitrogens with one attached hydrogen (secondary N) is 1. The fraction of sp³-hybridized carbons (Fsp3) is 0.357. The largest absolute Gasteiger partial charge is 0.489 e. The lowest BCUT2D eigenvalue weighted by atomic mass is 10.1. The van der Waals surface area contributed by atoms with Crippen LogP contribution in [0.15, 0.2) is 39.5 Å². The van der Waals surface area contributed by atoms with Gasteiger partial charge in [0, 0.05) is 24.1 Å². The van der Waals surface area contributed by atoms with Crippen LogP contribution in [0.2, 0.25) is 0 Å². The first-order valence-electron chi connectivity index (χ1n) is 6.22. The van der Waals surface area contributed by atoms with E-state index < -0.39 is 0 Å². The zero-order valence-electron chi connectivity index (χ0n) is 10.0. The number of rotatable bonds is 2. The van der Waals surface area contributed by atoms with Crippen LogP contribution in [0, 0.1) is 0 Å². The van der Waals surface area contributed by atoms with Gasteiger partial charge in [-0.05, 0) is 37.6 Å². The maximum Gasteiger partial charge on any atom is 0.336 e. The van der Waals surface area contributed by atoms with Crippen molar-refractivity contribution in [1.82, 2.24) is 5.32 Å². The van der Waals surface area contributed by atoms with Gasteiger partial charge in [0.05, 0.1) is 0 Å². The van der Waals surface area contributed by atoms with Gasteiger partial charge in [-0.3, -0.25) is 0 Å². The Morgan fingerprint density at radius 2 is 2.17 bits per heavy atom. The van der Waals surface area contributed by atoms with E-state index in [0.717, 1.165) is 37.1 Å². The lowest BCUT2D eigenvalue weighted by molar-refractivity contribution is 0.167. The van der Waals surface area contributed by atoms with Gasteiger partial charge in [-0.2, -0.15) is 0 Å². The minimum atomic E-state index is -0.334. The number of ether oxygens (including phenoxy) is 1. The van der Waals surface area contributed by atoms with Gasteiger partial charge in [-0.25, -0.2) is 4.79 Å². The molecule has 0 saturated carbocycles. The molecule has 0 unspecified atom stereocenters. The fourth-order valence-electron chi connectivity index (χ4n) is 2.23. The molecule has 3 rings (SSSR count). The standard InChI is InChI=1S/C14H15NO3/c16-14-6-4-10-3-5-11(8-13(10)18-14)17-12-2-1-7-15-9-12/h3-6,8,12,15H,1-2,7,9H2/t12-/m0/s1. The van der Waals surface area contributed by atoms with Crippen molar-refractivity contribution in [3.05, 3.63) is 40.8 Å². The third-order valence-electron chi connectivity index (χ3n) is 3.15. The number of benzene rings is 1. The van der Waals surface area contributed by atoms with E-state index in [1.54, 1.807) is 12.1 Å². The van der Waals surface area contributed by atoms with E-state index in [9.17, 15) is 4.79 Å². The van der Waals surface area contributed by atoms with Crippen LogP contribution in [0.5, 0.6) is 5.75 Å². The number of hydrogen-bond acceptors (Lipinski definition) is 4. The summed E-state index contributed by atoms with van der Waals surface area (Å²) in [7, 11) is 0. The third kappa shape index (κ3) is 2.38. The Labute approximate surface area is 105 Å². The van der Waals surface area contributed by atoms with Crippen LogP contribution in [0.3, 0.4) is 0 Å². The lowest BCUT2D eigenvalue weighted by Gasteiger charge is -2.23. The molecule has 2 aromatic rings. The Hall–Kier alpha value is -1.81. The summed E-state index contributed by atoms with van der Waals surface area (Å²) in [6.07, 6.45) is 2.39. The van der Waals surface area contributed by atoms with E-state index in [1.807, 2.05) is 12.1 Å². The third-order valence-corrected chi connectivity index (χ3v) is 3.15. The zero-order valence-corrected chi connectivity index (χ0v) is 10.0. The fourth-order valence-corrected chi connectivity index (χ4v) is 2.23. The maximum absolute atomic E-state index is 11.2. The van der Waals surface area contributed by atoms with Crippen LogP contribution >= 0.6 is 0 Å². The normalized spacial score (nSPS) is 19.9. The summed E-state index contributed by atoms with van der Waals surface area (Å²) >= 11 is 0. The first kappa shape index (κ1) is 11.3. The summed E-state index contributed by atoms with van der Waals surface area (Å²) in [5, 5.41) is 4.21. The smallest absolute Gasteiger partial charge is 0.336 e. The molecule has 0 amide bonds. The Bertz CT molecular complexity index is 599. The molecule has 0 spiro atoms. The van der Waals surface area contributed by atoms with Crippen molar-refractivity contribution in [1.29, 1.82) is 0 Å². The molecule has 1 atom stereocenters. The van der Waals surface area contributed by atoms with E-state index >= 15 is 0 Å². The highest BCUT2D eigenvalue weighted by Gasteiger charge is 2.14. The van der Waals surface area contributed by atoms with Crippen molar-refractivity contribution in [3.63, 3.8) is 0 Å². The van der Waals surface area contributed by atoms with E-state index in [4.69, 9.17) is 9.15 Å². The molecule has 1 fully saturated rings. The molecule has 1 aromatic carbocycles. The Morgan fingerprint density at radius 1 is 1.28 bits per heavy atom. The van der Waals surface area contributed by atoms with E-state index in [1.165, 1.54) is 6.07 Å². The Morgan fingerprint density at radius 3 is 3.00 bits per heavy atom. The molecule has 1 saturated heterocycles. The topological polar surface area (TPSA) is 51.5 Å². The minimum absolute atomic E-state index is 0.201. The Balaban J connectivity index is 1.85. The number of piperidine rings is 1. The summed E-state index contributed by atoms with van der Waals surface area (Å²) < 4.78 is 11.0. The molecule has 0 radical (unpaired) electrons. The monoisotopic (exact) mass is 245 g/mol. The molecular weight excluding hydrogens is 230 g/mol. The van der Waals surface area contributed by atoms with Gasteiger partial charge in [-0.1, -0.05) is 0 Å². The van der Waals surface area contributed by atoms with Gasteiger partial charge in [0.1, 0.15) is 17.4 Å². The first-order chi connectivity index (χ1) is 8.81. The molecular formula is C14H15NO3. The van der Waals surface area contributed by atoms with Gasteiger partial charge < -0.3 is 14.5 Å². The summed E-state index contributed by atoms with van der Waals surface area (Å²) in [5.41, 5.74) is 0.239. The minimum Gasteiger partial charge on any atom is -0.489 e. The van der Waals surface area contributed by atoms with Crippen molar-refractivity contribution in [3.8, 4) is 5.75 Å². The summed E-state index contributed by atoms with van der Waals surface area (Å²) in [6, 6.07) is 8.78. The van der Waals surface area contributed by atoms with Crippen LogP contribution in [0.4, 0.5) is 0 Å². The van der Waals surface area contributed by atoms with Crippen molar-refractivity contribution in [2.24, 2.45) is 0 Å². The molecule has 1 aliphatic rings. The van der Waals surface area contributed by atoms with Crippen molar-refractivity contribution in [2.75, 3.05) is 13.1 Å². The van der Waals surface area contributed by atoms with Crippen LogP contribution in [0.1, 0.15) is 12.8 Å². The Kier molecular flexibility index (Phi) is 3.02. The van der Waals surface area contributed by atoms with Gasteiger partial charge in [0.2, 0.25) is 0 Å². The molecule has 2 heterocycles. The highest BCUT2D eigenvalue weighted by atomic mass is 16.5. The molecule has 4 heteroatoms. The van der Waals surface area contributed by atoms with Crippen LogP contribution in [-0.2, 0) is 0 Å². The molecule has 0 aliphatic carbocycles. The van der Waals surface area contributed by atoms with Gasteiger partial charge >= 0.3 is 5.63 Å². The SMILES string of the molecule is O=c1ccc2ccc(O[C@H]3CCCNC3)cc2o1. The second-order valence-corrected chi connectivity index (χ2v) is 4.54. The van der Waals surface area contributed by atoms with Crippen LogP contribution in [0.25, 0.3) is 11.0 Å². The van der Waals surface area contributed by atoms with Crippen molar-refractivity contribution in [2.45, 2.75) is 18.9 Å². The average Bonchev–Trinajstić information content (AvgIpc) is 2.39. The molecule has 4 nitrogen and oxygen atoms in total. The maximum atomic E-state index is 11.2. The summed E-state index contributed by atoms with van der Waals surface area (Å²) in [4.78, 5) is 11.2. The van der Waals surface area contributed by atoms with E-state index in [0.29, 0.717) is 5.58 Å². The quantitative estimate of drug-likeness (QED) is 0.821. The highest BCUT2D eigenvalue weighted by molar-refractivity contribution is 5.77. The second kappa shape index (κ2) is 4.82. The first-order valence-corrected chi connectivity index (χ1v) is 6.22. The van der Waals surface area contributed by atoms with Crippen molar-refractivity contribution < 1.29 is 9.15 Å². The molecule has 1 N–H and O–H groups in total. The second-order valence-electron chi connectivity index (χ2n) is 4.54. The molecule has 1 aromatic heterocycles. The number of hydrogen-bond donors (Lipinski definition) is 1. The molecule has 18 heavy (non-hydrogen) atoms. The molecule has 1 aliphatic heterocycles. The molecule has 94 valence electrons. The van der Waals surface area contributed by atoms with Gasteiger partial charge in [0.25, 0.3) is 0 Å². The summed E-state index contributed by atoms with van der Waals surface area (Å²) in [6.45, 7) is 1.93. The molecule has 0 bridgehead atoms. The predicted molar refractivity (Wildman–Crippen MR) is 69.0 cm³/mol. The van der Waals surface area contributed by atoms with E-state index in [2.05, 4.69) is 5.32 Å². The van der Waals surface area contributed by atoms with Crippen molar-refractivity contribution >= 4 is 11.0 Å². The lowest BCUT2D eigenvalue weighted by Crippen LogP contribution is -2.37. The predicted octanol–water partition coefficient (Wildman–Crippen LogP) is 1.92. The summed E-state index contributed by atoms with van der Waals surface area (Å²) in [5.74, 6) is 0.755. The van der Waals surface area contributed by atoms with Crippen LogP contribution in [-0.4, -0.2) is 19.2 Å². The zero-order chi connectivity index (χ0) is 12.4.